The number of hydrogen-bond donors (Lipinski definition) is 0. The lowest BCUT2D eigenvalue weighted by molar-refractivity contribution is -0.122. The molecule has 1 aliphatic heterocycles. The molecule has 1 aromatic heterocycles. The maximum absolute atomic E-state index is 12.8. The molecular formula is C22H14BrNO4S2. The topological polar surface area (TPSA) is 59.8 Å². The zero-order valence-corrected chi connectivity index (χ0v) is 18.6. The van der Waals surface area contributed by atoms with Crippen LogP contribution in [-0.2, 0) is 11.3 Å². The van der Waals surface area contributed by atoms with E-state index in [0.29, 0.717) is 26.0 Å². The second-order valence-corrected chi connectivity index (χ2v) is 8.84. The molecule has 0 saturated carbocycles. The number of hydrogen-bond acceptors (Lipinski definition) is 6. The third-order valence-electron chi connectivity index (χ3n) is 4.24. The summed E-state index contributed by atoms with van der Waals surface area (Å²) in [4.78, 5) is 27.0. The van der Waals surface area contributed by atoms with Gasteiger partial charge in [0.1, 0.15) is 10.1 Å². The Hall–Kier alpha value is -2.68. The molecule has 1 fully saturated rings. The lowest BCUT2D eigenvalue weighted by Crippen LogP contribution is -2.27. The minimum atomic E-state index is -0.588. The van der Waals surface area contributed by atoms with Gasteiger partial charge in [0, 0.05) is 0 Å². The van der Waals surface area contributed by atoms with E-state index < -0.39 is 5.97 Å². The fourth-order valence-electron chi connectivity index (χ4n) is 2.79. The van der Waals surface area contributed by atoms with Gasteiger partial charge >= 0.3 is 5.97 Å². The number of thioether (sulfide) groups is 1. The van der Waals surface area contributed by atoms with Gasteiger partial charge in [-0.15, -0.1) is 0 Å². The van der Waals surface area contributed by atoms with Crippen molar-refractivity contribution in [3.8, 4) is 5.75 Å². The summed E-state index contributed by atoms with van der Waals surface area (Å²) < 4.78 is 11.5. The van der Waals surface area contributed by atoms with Gasteiger partial charge in [0.2, 0.25) is 5.76 Å². The van der Waals surface area contributed by atoms with Gasteiger partial charge in [-0.05, 0) is 57.4 Å². The van der Waals surface area contributed by atoms with Gasteiger partial charge in [-0.2, -0.15) is 0 Å². The molecule has 0 N–H and O–H groups in total. The van der Waals surface area contributed by atoms with Crippen LogP contribution < -0.4 is 4.74 Å². The zero-order valence-electron chi connectivity index (χ0n) is 15.4. The van der Waals surface area contributed by atoms with Gasteiger partial charge in [0.05, 0.1) is 22.2 Å². The van der Waals surface area contributed by atoms with E-state index in [1.54, 1.807) is 35.2 Å². The molecular weight excluding hydrogens is 486 g/mol. The second-order valence-electron chi connectivity index (χ2n) is 6.31. The van der Waals surface area contributed by atoms with Crippen molar-refractivity contribution in [2.75, 3.05) is 0 Å². The standard InChI is InChI=1S/C22H14BrNO4S2/c23-16-11-15(8-9-17(16)28-21(26)18-7-4-10-27-18)12-19-20(25)24(22(29)30-19)13-14-5-2-1-3-6-14/h1-12H,13H2. The number of rotatable bonds is 5. The van der Waals surface area contributed by atoms with E-state index in [2.05, 4.69) is 15.9 Å². The average molecular weight is 500 g/mol. The van der Waals surface area contributed by atoms with Crippen molar-refractivity contribution < 1.29 is 18.7 Å². The number of amides is 1. The molecule has 1 amide bonds. The van der Waals surface area contributed by atoms with Crippen molar-refractivity contribution in [1.29, 1.82) is 0 Å². The Labute approximate surface area is 190 Å². The summed E-state index contributed by atoms with van der Waals surface area (Å²) in [7, 11) is 0. The highest BCUT2D eigenvalue weighted by molar-refractivity contribution is 9.10. The van der Waals surface area contributed by atoms with Gasteiger partial charge in [-0.3, -0.25) is 9.69 Å². The monoisotopic (exact) mass is 499 g/mol. The Kier molecular flexibility index (Phi) is 6.17. The molecule has 4 rings (SSSR count). The molecule has 0 unspecified atom stereocenters. The highest BCUT2D eigenvalue weighted by Crippen LogP contribution is 2.35. The minimum absolute atomic E-state index is 0.119. The molecule has 30 heavy (non-hydrogen) atoms. The van der Waals surface area contributed by atoms with Crippen LogP contribution in [0.3, 0.4) is 0 Å². The number of carbonyl (C=O) groups excluding carboxylic acids is 2. The van der Waals surface area contributed by atoms with Crippen LogP contribution in [0.2, 0.25) is 0 Å². The van der Waals surface area contributed by atoms with E-state index >= 15 is 0 Å². The summed E-state index contributed by atoms with van der Waals surface area (Å²) in [6.07, 6.45) is 3.18. The summed E-state index contributed by atoms with van der Waals surface area (Å²) in [6, 6.07) is 18.0. The molecule has 0 spiro atoms. The number of halogens is 1. The lowest BCUT2D eigenvalue weighted by atomic mass is 10.2. The Morgan fingerprint density at radius 1 is 1.17 bits per heavy atom. The van der Waals surface area contributed by atoms with Crippen molar-refractivity contribution in [2.24, 2.45) is 0 Å². The first-order chi connectivity index (χ1) is 14.5. The molecule has 2 heterocycles. The zero-order chi connectivity index (χ0) is 21.1. The minimum Gasteiger partial charge on any atom is -0.457 e. The molecule has 0 aliphatic carbocycles. The molecule has 150 valence electrons. The number of esters is 1. The molecule has 2 aromatic carbocycles. The number of thiocarbonyl (C=S) groups is 1. The SMILES string of the molecule is O=C(Oc1ccc(C=C2SC(=S)N(Cc3ccccc3)C2=O)cc1Br)c1ccco1. The Balaban J connectivity index is 1.49. The Morgan fingerprint density at radius 3 is 2.67 bits per heavy atom. The largest absolute Gasteiger partial charge is 0.457 e. The van der Waals surface area contributed by atoms with E-state index in [0.717, 1.165) is 11.1 Å². The maximum Gasteiger partial charge on any atom is 0.379 e. The molecule has 1 saturated heterocycles. The van der Waals surface area contributed by atoms with E-state index in [1.165, 1.54) is 24.1 Å². The molecule has 1 aliphatic rings. The predicted octanol–water partition coefficient (Wildman–Crippen LogP) is 5.66. The van der Waals surface area contributed by atoms with E-state index in [-0.39, 0.29) is 11.7 Å². The van der Waals surface area contributed by atoms with Gasteiger partial charge in [-0.1, -0.05) is 60.4 Å². The smallest absolute Gasteiger partial charge is 0.379 e. The summed E-state index contributed by atoms with van der Waals surface area (Å²) in [5.41, 5.74) is 1.79. The van der Waals surface area contributed by atoms with Crippen LogP contribution in [0, 0.1) is 0 Å². The summed E-state index contributed by atoms with van der Waals surface area (Å²) >= 11 is 10.1. The van der Waals surface area contributed by atoms with Crippen molar-refractivity contribution in [2.45, 2.75) is 6.54 Å². The van der Waals surface area contributed by atoms with Gasteiger partial charge in [0.15, 0.2) is 0 Å². The van der Waals surface area contributed by atoms with Gasteiger partial charge in [0.25, 0.3) is 5.91 Å². The van der Waals surface area contributed by atoms with Crippen molar-refractivity contribution in [1.82, 2.24) is 4.90 Å². The highest BCUT2D eigenvalue weighted by atomic mass is 79.9. The average Bonchev–Trinajstić information content (AvgIpc) is 3.36. The van der Waals surface area contributed by atoms with Crippen LogP contribution in [0.5, 0.6) is 5.75 Å². The molecule has 0 atom stereocenters. The van der Waals surface area contributed by atoms with Crippen LogP contribution in [0.1, 0.15) is 21.7 Å². The molecule has 8 heteroatoms. The first kappa shape index (κ1) is 20.6. The first-order valence-corrected chi connectivity index (χ1v) is 10.9. The van der Waals surface area contributed by atoms with Crippen LogP contribution in [0.25, 0.3) is 6.08 Å². The predicted molar refractivity (Wildman–Crippen MR) is 123 cm³/mol. The van der Waals surface area contributed by atoms with Gasteiger partial charge < -0.3 is 9.15 Å². The number of benzene rings is 2. The fraction of sp³-hybridized carbons (Fsp3) is 0.0455. The van der Waals surface area contributed by atoms with Crippen molar-refractivity contribution in [3.63, 3.8) is 0 Å². The van der Waals surface area contributed by atoms with Gasteiger partial charge in [-0.25, -0.2) is 4.79 Å². The third kappa shape index (κ3) is 4.56. The third-order valence-corrected chi connectivity index (χ3v) is 6.23. The van der Waals surface area contributed by atoms with Crippen LogP contribution in [0.4, 0.5) is 0 Å². The van der Waals surface area contributed by atoms with Crippen LogP contribution in [0.15, 0.2) is 80.7 Å². The summed E-state index contributed by atoms with van der Waals surface area (Å²) in [6.45, 7) is 0.439. The summed E-state index contributed by atoms with van der Waals surface area (Å²) in [5.74, 6) is -0.244. The maximum atomic E-state index is 12.8. The number of ether oxygens (including phenoxy) is 1. The Bertz CT molecular complexity index is 1140. The number of nitrogens with zero attached hydrogens (tertiary/aromatic N) is 1. The lowest BCUT2D eigenvalue weighted by Gasteiger charge is -2.14. The van der Waals surface area contributed by atoms with E-state index in [1.807, 2.05) is 30.3 Å². The Morgan fingerprint density at radius 2 is 1.97 bits per heavy atom. The van der Waals surface area contributed by atoms with Crippen LogP contribution in [-0.4, -0.2) is 21.1 Å². The molecule has 5 nitrogen and oxygen atoms in total. The van der Waals surface area contributed by atoms with Crippen molar-refractivity contribution in [3.05, 3.63) is 93.2 Å². The number of carbonyl (C=O) groups is 2. The molecule has 3 aromatic rings. The second kappa shape index (κ2) is 8.99. The highest BCUT2D eigenvalue weighted by Gasteiger charge is 2.32. The number of furan rings is 1. The van der Waals surface area contributed by atoms with Crippen molar-refractivity contribution >= 4 is 62.2 Å². The fourth-order valence-corrected chi connectivity index (χ4v) is 4.52. The molecule has 0 bridgehead atoms. The van der Waals surface area contributed by atoms with E-state index in [9.17, 15) is 9.59 Å². The molecule has 0 radical (unpaired) electrons. The quantitative estimate of drug-likeness (QED) is 0.195. The van der Waals surface area contributed by atoms with Crippen LogP contribution >= 0.6 is 39.9 Å². The first-order valence-electron chi connectivity index (χ1n) is 8.86. The normalized spacial score (nSPS) is 15.1. The summed E-state index contributed by atoms with van der Waals surface area (Å²) in [5, 5.41) is 0. The van der Waals surface area contributed by atoms with E-state index in [4.69, 9.17) is 21.4 Å².